The second-order valence-corrected chi connectivity index (χ2v) is 6.81. The van der Waals surface area contributed by atoms with E-state index in [0.29, 0.717) is 24.6 Å². The predicted octanol–water partition coefficient (Wildman–Crippen LogP) is 1.74. The van der Waals surface area contributed by atoms with Crippen LogP contribution in [0.2, 0.25) is 0 Å². The molecular formula is C13H21NO4S2. The Labute approximate surface area is 128 Å². The quantitative estimate of drug-likeness (QED) is 0.645. The summed E-state index contributed by atoms with van der Waals surface area (Å²) in [5.41, 5.74) is 0. The van der Waals surface area contributed by atoms with E-state index in [1.165, 1.54) is 44.3 Å². The molecule has 7 heteroatoms. The first-order valence-corrected chi connectivity index (χ1v) is 8.34. The Kier molecular flexibility index (Phi) is 10.5. The van der Waals surface area contributed by atoms with Gasteiger partial charge in [0.15, 0.2) is 10.2 Å². The van der Waals surface area contributed by atoms with Crippen LogP contribution >= 0.6 is 23.5 Å². The maximum Gasteiger partial charge on any atom is 0.223 e. The fraction of sp³-hybridized carbons (Fsp3) is 0.692. The standard InChI is InChI=1S/C13H21NO4S2/c1-10(15)4-5-13(18)14(6-8-19-11(2)16)7-9-20-12(3)17/h4-9H2,1-3H3. The molecule has 0 aliphatic carbocycles. The van der Waals surface area contributed by atoms with Crippen LogP contribution in [-0.4, -0.2) is 51.4 Å². The van der Waals surface area contributed by atoms with Gasteiger partial charge in [0.2, 0.25) is 5.91 Å². The van der Waals surface area contributed by atoms with Gasteiger partial charge in [0.25, 0.3) is 0 Å². The number of Topliss-reactive ketones (excluding diaryl/α,β-unsaturated/α-hetero) is 1. The highest BCUT2D eigenvalue weighted by molar-refractivity contribution is 8.13. The van der Waals surface area contributed by atoms with E-state index in [1.807, 2.05) is 0 Å². The van der Waals surface area contributed by atoms with Gasteiger partial charge in [0, 0.05) is 51.3 Å². The van der Waals surface area contributed by atoms with Crippen molar-refractivity contribution >= 4 is 45.4 Å². The summed E-state index contributed by atoms with van der Waals surface area (Å²) in [4.78, 5) is 46.3. The molecule has 0 N–H and O–H groups in total. The molecule has 0 aromatic heterocycles. The molecule has 1 amide bonds. The minimum absolute atomic E-state index is 0.0132. The lowest BCUT2D eigenvalue weighted by atomic mass is 10.2. The van der Waals surface area contributed by atoms with Crippen molar-refractivity contribution in [3.63, 3.8) is 0 Å². The highest BCUT2D eigenvalue weighted by atomic mass is 32.2. The summed E-state index contributed by atoms with van der Waals surface area (Å²) < 4.78 is 0. The van der Waals surface area contributed by atoms with Crippen molar-refractivity contribution in [2.75, 3.05) is 24.6 Å². The maximum atomic E-state index is 12.0. The van der Waals surface area contributed by atoms with Gasteiger partial charge in [-0.1, -0.05) is 23.5 Å². The molecule has 0 bridgehead atoms. The molecule has 0 aliphatic rings. The van der Waals surface area contributed by atoms with Crippen LogP contribution in [0.1, 0.15) is 33.6 Å². The Balaban J connectivity index is 4.27. The summed E-state index contributed by atoms with van der Waals surface area (Å²) in [6.45, 7) is 5.34. The number of thioether (sulfide) groups is 2. The van der Waals surface area contributed by atoms with E-state index >= 15 is 0 Å². The largest absolute Gasteiger partial charge is 0.341 e. The Hall–Kier alpha value is -0.820. The molecule has 0 saturated heterocycles. The molecule has 0 heterocycles. The highest BCUT2D eigenvalue weighted by Gasteiger charge is 2.14. The second kappa shape index (κ2) is 10.9. The van der Waals surface area contributed by atoms with Gasteiger partial charge >= 0.3 is 0 Å². The van der Waals surface area contributed by atoms with Crippen molar-refractivity contribution in [1.82, 2.24) is 4.90 Å². The molecular weight excluding hydrogens is 298 g/mol. The number of hydrogen-bond acceptors (Lipinski definition) is 6. The van der Waals surface area contributed by atoms with Crippen molar-refractivity contribution in [2.24, 2.45) is 0 Å². The van der Waals surface area contributed by atoms with Crippen molar-refractivity contribution in [3.8, 4) is 0 Å². The molecule has 0 spiro atoms. The second-order valence-electron chi connectivity index (χ2n) is 4.26. The van der Waals surface area contributed by atoms with E-state index in [9.17, 15) is 19.2 Å². The van der Waals surface area contributed by atoms with Gasteiger partial charge < -0.3 is 9.69 Å². The molecule has 0 atom stereocenters. The van der Waals surface area contributed by atoms with Crippen molar-refractivity contribution < 1.29 is 19.2 Å². The van der Waals surface area contributed by atoms with Crippen LogP contribution in [0.15, 0.2) is 0 Å². The molecule has 0 saturated carbocycles. The van der Waals surface area contributed by atoms with E-state index in [-0.39, 0.29) is 34.8 Å². The minimum atomic E-state index is -0.103. The van der Waals surface area contributed by atoms with E-state index in [4.69, 9.17) is 0 Å². The van der Waals surface area contributed by atoms with Crippen molar-refractivity contribution in [3.05, 3.63) is 0 Å². The van der Waals surface area contributed by atoms with Gasteiger partial charge in [-0.05, 0) is 6.92 Å². The third-order valence-electron chi connectivity index (χ3n) is 2.38. The summed E-state index contributed by atoms with van der Waals surface area (Å²) in [7, 11) is 0. The zero-order chi connectivity index (χ0) is 15.5. The van der Waals surface area contributed by atoms with Crippen molar-refractivity contribution in [1.29, 1.82) is 0 Å². The predicted molar refractivity (Wildman–Crippen MR) is 82.8 cm³/mol. The molecule has 0 unspecified atom stereocenters. The van der Waals surface area contributed by atoms with Crippen LogP contribution in [-0.2, 0) is 19.2 Å². The van der Waals surface area contributed by atoms with E-state index < -0.39 is 0 Å². The van der Waals surface area contributed by atoms with E-state index in [2.05, 4.69) is 0 Å². The molecule has 0 aromatic carbocycles. The van der Waals surface area contributed by atoms with Gasteiger partial charge in [0.1, 0.15) is 5.78 Å². The van der Waals surface area contributed by atoms with Crippen LogP contribution in [0.25, 0.3) is 0 Å². The third kappa shape index (κ3) is 11.0. The zero-order valence-corrected chi connectivity index (χ0v) is 13.8. The summed E-state index contributed by atoms with van der Waals surface area (Å²) >= 11 is 2.34. The first kappa shape index (κ1) is 19.2. The average Bonchev–Trinajstić information content (AvgIpc) is 2.33. The summed E-state index contributed by atoms with van der Waals surface area (Å²) in [5, 5.41) is 0.0264. The molecule has 5 nitrogen and oxygen atoms in total. The first-order valence-electron chi connectivity index (χ1n) is 6.37. The third-order valence-corrected chi connectivity index (χ3v) is 3.96. The zero-order valence-electron chi connectivity index (χ0n) is 12.1. The fourth-order valence-corrected chi connectivity index (χ4v) is 2.60. The van der Waals surface area contributed by atoms with Gasteiger partial charge in [-0.2, -0.15) is 0 Å². The normalized spacial score (nSPS) is 10.2. The SMILES string of the molecule is CC(=O)CCC(=O)N(CCSC(C)=O)CCSC(C)=O. The van der Waals surface area contributed by atoms with E-state index in [0.717, 1.165) is 0 Å². The highest BCUT2D eigenvalue weighted by Crippen LogP contribution is 2.08. The molecule has 0 aliphatic heterocycles. The minimum Gasteiger partial charge on any atom is -0.341 e. The molecule has 20 heavy (non-hydrogen) atoms. The topological polar surface area (TPSA) is 71.5 Å². The van der Waals surface area contributed by atoms with Crippen LogP contribution in [0, 0.1) is 0 Å². The fourth-order valence-electron chi connectivity index (χ4n) is 1.40. The average molecular weight is 319 g/mol. The summed E-state index contributed by atoms with van der Waals surface area (Å²) in [6, 6.07) is 0. The monoisotopic (exact) mass is 319 g/mol. The van der Waals surface area contributed by atoms with Gasteiger partial charge in [0.05, 0.1) is 0 Å². The Morgan fingerprint density at radius 1 is 0.800 bits per heavy atom. The van der Waals surface area contributed by atoms with Crippen molar-refractivity contribution in [2.45, 2.75) is 33.6 Å². The smallest absolute Gasteiger partial charge is 0.223 e. The molecule has 114 valence electrons. The lowest BCUT2D eigenvalue weighted by Crippen LogP contribution is -2.35. The van der Waals surface area contributed by atoms with Crippen LogP contribution in [0.5, 0.6) is 0 Å². The van der Waals surface area contributed by atoms with Crippen LogP contribution < -0.4 is 0 Å². The lowest BCUT2D eigenvalue weighted by molar-refractivity contribution is -0.132. The number of amides is 1. The first-order chi connectivity index (χ1) is 9.32. The molecule has 0 aromatic rings. The number of nitrogens with zero attached hydrogens (tertiary/aromatic N) is 1. The number of ketones is 1. The number of carbonyl (C=O) groups excluding carboxylic acids is 4. The van der Waals surface area contributed by atoms with Gasteiger partial charge in [-0.25, -0.2) is 0 Å². The molecule has 0 rings (SSSR count). The van der Waals surface area contributed by atoms with Gasteiger partial charge in [-0.3, -0.25) is 14.4 Å². The molecule has 0 fully saturated rings. The molecule has 0 radical (unpaired) electrons. The lowest BCUT2D eigenvalue weighted by Gasteiger charge is -2.22. The van der Waals surface area contributed by atoms with Gasteiger partial charge in [-0.15, -0.1) is 0 Å². The number of hydrogen-bond donors (Lipinski definition) is 0. The van der Waals surface area contributed by atoms with Crippen LogP contribution in [0.3, 0.4) is 0 Å². The summed E-state index contributed by atoms with van der Waals surface area (Å²) in [6.07, 6.45) is 0.417. The summed E-state index contributed by atoms with van der Waals surface area (Å²) in [5.74, 6) is 0.945. The Bertz CT molecular complexity index is 351. The Morgan fingerprint density at radius 2 is 1.25 bits per heavy atom. The van der Waals surface area contributed by atoms with E-state index in [1.54, 1.807) is 4.90 Å². The van der Waals surface area contributed by atoms with Crippen LogP contribution in [0.4, 0.5) is 0 Å². The Morgan fingerprint density at radius 3 is 1.60 bits per heavy atom. The maximum absolute atomic E-state index is 12.0. The number of carbonyl (C=O) groups is 4. The number of rotatable bonds is 9.